The molecule has 0 radical (unpaired) electrons. The highest BCUT2D eigenvalue weighted by Gasteiger charge is 2.39. The van der Waals surface area contributed by atoms with Gasteiger partial charge in [0.05, 0.1) is 25.7 Å². The third-order valence-corrected chi connectivity index (χ3v) is 8.37. The van der Waals surface area contributed by atoms with Crippen LogP contribution in [0.15, 0.2) is 47.8 Å². The molecule has 4 atom stereocenters. The number of amides is 1. The van der Waals surface area contributed by atoms with Crippen LogP contribution in [0.25, 0.3) is 5.31 Å². The van der Waals surface area contributed by atoms with Gasteiger partial charge in [0.25, 0.3) is 5.91 Å². The fraction of sp³-hybridized carbons (Fsp3) is 0.435. The van der Waals surface area contributed by atoms with Crippen molar-refractivity contribution < 1.29 is 14.3 Å². The van der Waals surface area contributed by atoms with Crippen LogP contribution in [0.4, 0.5) is 0 Å². The van der Waals surface area contributed by atoms with E-state index in [0.717, 1.165) is 48.9 Å². The summed E-state index contributed by atoms with van der Waals surface area (Å²) in [6.45, 7) is 6.54. The summed E-state index contributed by atoms with van der Waals surface area (Å²) >= 11 is 0. The number of fused-ring (bicyclic) bond motifs is 2. The number of nitrogens with zero attached hydrogens (tertiary/aromatic N) is 2. The van der Waals surface area contributed by atoms with E-state index in [0.29, 0.717) is 20.1 Å². The molecule has 5 rings (SSSR count). The molecule has 4 aliphatic heterocycles. The third-order valence-electron chi connectivity index (χ3n) is 6.62. The van der Waals surface area contributed by atoms with Gasteiger partial charge in [0, 0.05) is 38.5 Å². The van der Waals surface area contributed by atoms with Gasteiger partial charge in [-0.15, -0.1) is 0 Å². The van der Waals surface area contributed by atoms with E-state index in [9.17, 15) is 4.79 Å². The minimum absolute atomic E-state index is 0.0505. The Morgan fingerprint density at radius 3 is 2.50 bits per heavy atom. The van der Waals surface area contributed by atoms with E-state index >= 15 is 0 Å². The molecule has 2 saturated heterocycles. The molecular formula is C23H28N3O3P. The number of likely N-dealkylation sites (tertiary alicyclic amines) is 1. The van der Waals surface area contributed by atoms with Gasteiger partial charge in [-0.2, -0.15) is 0 Å². The molecule has 158 valence electrons. The minimum atomic E-state index is 0.0505. The number of benzene rings is 1. The second-order valence-corrected chi connectivity index (χ2v) is 9.82. The van der Waals surface area contributed by atoms with Crippen molar-refractivity contribution >= 4 is 19.8 Å². The molecule has 4 aliphatic rings. The zero-order valence-corrected chi connectivity index (χ0v) is 18.6. The molecule has 3 unspecified atom stereocenters. The highest BCUT2D eigenvalue weighted by Crippen LogP contribution is 2.48. The van der Waals surface area contributed by atoms with Crippen molar-refractivity contribution in [2.75, 3.05) is 40.4 Å². The number of nitrogens with one attached hydrogen (secondary N) is 1. The van der Waals surface area contributed by atoms with Gasteiger partial charge in [-0.25, -0.2) is 0 Å². The van der Waals surface area contributed by atoms with Crippen LogP contribution in [0.2, 0.25) is 0 Å². The molecular weight excluding hydrogens is 397 g/mol. The molecule has 0 bridgehead atoms. The van der Waals surface area contributed by atoms with Crippen LogP contribution in [-0.2, 0) is 4.79 Å². The SMILES string of the molecule is COc1ccc(C2=CC(=O)N3C=C(N4CC5CNC[C@H]5C4)C=C(C)C3P2)cc1OC. The van der Waals surface area contributed by atoms with Crippen molar-refractivity contribution in [1.82, 2.24) is 15.1 Å². The van der Waals surface area contributed by atoms with E-state index in [1.807, 2.05) is 23.1 Å². The number of rotatable bonds is 4. The minimum Gasteiger partial charge on any atom is -0.493 e. The summed E-state index contributed by atoms with van der Waals surface area (Å²) in [6, 6.07) is 5.86. The third kappa shape index (κ3) is 3.32. The lowest BCUT2D eigenvalue weighted by Crippen LogP contribution is -2.39. The maximum Gasteiger partial charge on any atom is 0.252 e. The van der Waals surface area contributed by atoms with Gasteiger partial charge in [0.15, 0.2) is 11.5 Å². The normalized spacial score (nSPS) is 28.7. The second kappa shape index (κ2) is 7.75. The average Bonchev–Trinajstić information content (AvgIpc) is 3.36. The number of allylic oxidation sites excluding steroid dienone is 1. The van der Waals surface area contributed by atoms with Gasteiger partial charge in [0.2, 0.25) is 0 Å². The van der Waals surface area contributed by atoms with Gasteiger partial charge < -0.3 is 24.6 Å². The molecule has 1 aromatic rings. The van der Waals surface area contributed by atoms with E-state index in [1.165, 1.54) is 11.3 Å². The molecule has 7 heteroatoms. The zero-order chi connectivity index (χ0) is 20.8. The molecule has 30 heavy (non-hydrogen) atoms. The number of ether oxygens (including phenoxy) is 2. The Hall–Kier alpha value is -2.30. The van der Waals surface area contributed by atoms with E-state index < -0.39 is 0 Å². The Bertz CT molecular complexity index is 958. The number of hydrogen-bond acceptors (Lipinski definition) is 5. The summed E-state index contributed by atoms with van der Waals surface area (Å²) in [6.07, 6.45) is 6.14. The van der Waals surface area contributed by atoms with Crippen LogP contribution in [0, 0.1) is 11.8 Å². The fourth-order valence-corrected chi connectivity index (χ4v) is 6.43. The molecule has 0 aromatic heterocycles. The van der Waals surface area contributed by atoms with Crippen molar-refractivity contribution in [3.8, 4) is 11.5 Å². The van der Waals surface area contributed by atoms with Gasteiger partial charge in [-0.3, -0.25) is 4.79 Å². The summed E-state index contributed by atoms with van der Waals surface area (Å²) in [5, 5.41) is 4.56. The maximum atomic E-state index is 13.1. The van der Waals surface area contributed by atoms with Crippen molar-refractivity contribution in [2.24, 2.45) is 11.8 Å². The fourth-order valence-electron chi connectivity index (χ4n) is 4.96. The molecule has 6 nitrogen and oxygen atoms in total. The predicted octanol–water partition coefficient (Wildman–Crippen LogP) is 2.84. The lowest BCUT2D eigenvalue weighted by atomic mass is 10.0. The van der Waals surface area contributed by atoms with Crippen molar-refractivity contribution in [3.63, 3.8) is 0 Å². The Labute approximate surface area is 179 Å². The Morgan fingerprint density at radius 2 is 1.80 bits per heavy atom. The van der Waals surface area contributed by atoms with Crippen LogP contribution in [0.3, 0.4) is 0 Å². The number of carbonyl (C=O) groups is 1. The smallest absolute Gasteiger partial charge is 0.252 e. The van der Waals surface area contributed by atoms with Gasteiger partial charge in [-0.1, -0.05) is 14.6 Å². The van der Waals surface area contributed by atoms with E-state index in [2.05, 4.69) is 29.4 Å². The van der Waals surface area contributed by atoms with Gasteiger partial charge in [-0.05, 0) is 53.4 Å². The van der Waals surface area contributed by atoms with Crippen LogP contribution >= 0.6 is 8.58 Å². The molecule has 1 aromatic carbocycles. The van der Waals surface area contributed by atoms with Gasteiger partial charge in [0.1, 0.15) is 0 Å². The van der Waals surface area contributed by atoms with E-state index in [-0.39, 0.29) is 11.7 Å². The quantitative estimate of drug-likeness (QED) is 0.752. The largest absolute Gasteiger partial charge is 0.493 e. The second-order valence-electron chi connectivity index (χ2n) is 8.45. The summed E-state index contributed by atoms with van der Waals surface area (Å²) in [4.78, 5) is 17.5. The van der Waals surface area contributed by atoms with E-state index in [1.54, 1.807) is 20.3 Å². The predicted molar refractivity (Wildman–Crippen MR) is 120 cm³/mol. The zero-order valence-electron chi connectivity index (χ0n) is 17.6. The standard InChI is InChI=1S/C23H28N3O3P/c1-14-6-18(25-11-16-9-24-10-17(16)12-25)13-26-22(27)8-21(30-23(14)26)15-4-5-19(28-2)20(7-15)29-3/h4-8,13,16-17,23-24,30H,9-12H2,1-3H3/t16-,17?,23?/m0/s1. The highest BCUT2D eigenvalue weighted by molar-refractivity contribution is 7.51. The molecule has 1 amide bonds. The first-order valence-corrected chi connectivity index (χ1v) is 11.5. The van der Waals surface area contributed by atoms with Crippen LogP contribution < -0.4 is 14.8 Å². The molecule has 0 spiro atoms. The Balaban J connectivity index is 1.40. The first-order chi connectivity index (χ1) is 14.6. The highest BCUT2D eigenvalue weighted by atomic mass is 31.1. The summed E-state index contributed by atoms with van der Waals surface area (Å²) in [5.74, 6) is 2.98. The molecule has 2 fully saturated rings. The van der Waals surface area contributed by atoms with E-state index in [4.69, 9.17) is 9.47 Å². The lowest BCUT2D eigenvalue weighted by molar-refractivity contribution is -0.124. The van der Waals surface area contributed by atoms with Crippen LogP contribution in [0.1, 0.15) is 12.5 Å². The monoisotopic (exact) mass is 425 g/mol. The Morgan fingerprint density at radius 1 is 1.07 bits per heavy atom. The summed E-state index contributed by atoms with van der Waals surface area (Å²) in [5.41, 5.74) is 3.45. The average molecular weight is 425 g/mol. The van der Waals surface area contributed by atoms with Crippen LogP contribution in [-0.4, -0.2) is 61.9 Å². The summed E-state index contributed by atoms with van der Waals surface area (Å²) in [7, 11) is 3.75. The number of hydrogen-bond donors (Lipinski definition) is 1. The van der Waals surface area contributed by atoms with Crippen LogP contribution in [0.5, 0.6) is 11.5 Å². The van der Waals surface area contributed by atoms with Crippen molar-refractivity contribution in [3.05, 3.63) is 53.4 Å². The van der Waals surface area contributed by atoms with Gasteiger partial charge >= 0.3 is 0 Å². The number of carbonyl (C=O) groups excluding carboxylic acids is 1. The topological polar surface area (TPSA) is 54.0 Å². The lowest BCUT2D eigenvalue weighted by Gasteiger charge is -2.38. The Kier molecular flexibility index (Phi) is 5.08. The molecule has 0 aliphatic carbocycles. The van der Waals surface area contributed by atoms with Crippen molar-refractivity contribution in [2.45, 2.75) is 12.7 Å². The van der Waals surface area contributed by atoms with Crippen molar-refractivity contribution in [1.29, 1.82) is 0 Å². The summed E-state index contributed by atoms with van der Waals surface area (Å²) < 4.78 is 10.8. The molecule has 4 heterocycles. The first kappa shape index (κ1) is 19.7. The number of methoxy groups -OCH3 is 2. The maximum absolute atomic E-state index is 13.1. The first-order valence-electron chi connectivity index (χ1n) is 10.5. The molecule has 0 saturated carbocycles. The molecule has 1 N–H and O–H groups in total.